The second kappa shape index (κ2) is 4.78. The van der Waals surface area contributed by atoms with Crippen LogP contribution in [0.1, 0.15) is 26.7 Å². The van der Waals surface area contributed by atoms with Crippen molar-refractivity contribution >= 4 is 11.8 Å². The van der Waals surface area contributed by atoms with Crippen LogP contribution in [0, 0.1) is 17.8 Å². The predicted octanol–water partition coefficient (Wildman–Crippen LogP) is -0.0326. The van der Waals surface area contributed by atoms with E-state index >= 15 is 0 Å². The fourth-order valence-corrected chi connectivity index (χ4v) is 3.10. The van der Waals surface area contributed by atoms with E-state index in [1.807, 2.05) is 11.8 Å². The molecular weight excluding hydrogens is 242 g/mol. The third-order valence-corrected chi connectivity index (χ3v) is 4.91. The van der Waals surface area contributed by atoms with Gasteiger partial charge in [0.15, 0.2) is 0 Å². The SMILES string of the molecule is CC1CC1N1CC(NC(=O)C(C)C2CNC2)CC1=O. The number of nitrogens with zero attached hydrogens (tertiary/aromatic N) is 1. The molecule has 5 nitrogen and oxygen atoms in total. The summed E-state index contributed by atoms with van der Waals surface area (Å²) in [6.07, 6.45) is 1.60. The van der Waals surface area contributed by atoms with Gasteiger partial charge in [-0.2, -0.15) is 0 Å². The molecule has 3 rings (SSSR count). The van der Waals surface area contributed by atoms with Crippen LogP contribution in [0.15, 0.2) is 0 Å². The number of carbonyl (C=O) groups excluding carboxylic acids is 2. The number of likely N-dealkylation sites (tertiary alicyclic amines) is 1. The summed E-state index contributed by atoms with van der Waals surface area (Å²) < 4.78 is 0. The van der Waals surface area contributed by atoms with Gasteiger partial charge in [0, 0.05) is 24.9 Å². The molecule has 2 saturated heterocycles. The number of nitrogens with one attached hydrogen (secondary N) is 2. The smallest absolute Gasteiger partial charge is 0.225 e. The highest BCUT2D eigenvalue weighted by Gasteiger charge is 2.45. The van der Waals surface area contributed by atoms with E-state index < -0.39 is 0 Å². The molecule has 4 atom stereocenters. The van der Waals surface area contributed by atoms with Crippen molar-refractivity contribution in [1.29, 1.82) is 0 Å². The van der Waals surface area contributed by atoms with E-state index in [0.717, 1.165) is 19.5 Å². The Morgan fingerprint density at radius 2 is 2.16 bits per heavy atom. The van der Waals surface area contributed by atoms with Crippen LogP contribution in [-0.2, 0) is 9.59 Å². The largest absolute Gasteiger partial charge is 0.351 e. The Kier molecular flexibility index (Phi) is 3.25. The first-order valence-corrected chi connectivity index (χ1v) is 7.37. The first kappa shape index (κ1) is 12.9. The Morgan fingerprint density at radius 1 is 1.47 bits per heavy atom. The van der Waals surface area contributed by atoms with Crippen molar-refractivity contribution in [2.75, 3.05) is 19.6 Å². The standard InChI is InChI=1S/C14H23N3O2/c1-8-3-12(8)17-7-11(4-13(17)18)16-14(19)9(2)10-5-15-6-10/h8-12,15H,3-7H2,1-2H3,(H,16,19). The fourth-order valence-electron chi connectivity index (χ4n) is 3.10. The first-order valence-electron chi connectivity index (χ1n) is 7.37. The van der Waals surface area contributed by atoms with Crippen molar-refractivity contribution in [3.63, 3.8) is 0 Å². The lowest BCUT2D eigenvalue weighted by molar-refractivity contribution is -0.128. The second-order valence-electron chi connectivity index (χ2n) is 6.44. The van der Waals surface area contributed by atoms with Crippen LogP contribution in [0.5, 0.6) is 0 Å². The minimum atomic E-state index is 0.0169. The quantitative estimate of drug-likeness (QED) is 0.750. The summed E-state index contributed by atoms with van der Waals surface area (Å²) in [5.41, 5.74) is 0. The molecule has 4 unspecified atom stereocenters. The van der Waals surface area contributed by atoms with Gasteiger partial charge in [-0.1, -0.05) is 13.8 Å². The minimum Gasteiger partial charge on any atom is -0.351 e. The molecule has 19 heavy (non-hydrogen) atoms. The molecule has 3 aliphatic rings. The van der Waals surface area contributed by atoms with Crippen LogP contribution >= 0.6 is 0 Å². The molecule has 0 bridgehead atoms. The molecule has 5 heteroatoms. The lowest BCUT2D eigenvalue weighted by Crippen LogP contribution is -2.51. The number of hydrogen-bond donors (Lipinski definition) is 2. The zero-order valence-corrected chi connectivity index (χ0v) is 11.7. The van der Waals surface area contributed by atoms with E-state index in [2.05, 4.69) is 17.6 Å². The molecule has 106 valence electrons. The van der Waals surface area contributed by atoms with Gasteiger partial charge in [-0.25, -0.2) is 0 Å². The Balaban J connectivity index is 1.50. The Hall–Kier alpha value is -1.10. The van der Waals surface area contributed by atoms with Gasteiger partial charge in [-0.05, 0) is 31.3 Å². The normalized spacial score (nSPS) is 36.0. The van der Waals surface area contributed by atoms with Gasteiger partial charge in [0.05, 0.1) is 6.04 Å². The Labute approximate surface area is 114 Å². The molecule has 2 N–H and O–H groups in total. The van der Waals surface area contributed by atoms with Crippen molar-refractivity contribution < 1.29 is 9.59 Å². The highest BCUT2D eigenvalue weighted by molar-refractivity contribution is 5.83. The molecule has 2 aliphatic heterocycles. The average Bonchev–Trinajstić information content (AvgIpc) is 2.88. The molecule has 0 aromatic heterocycles. The molecule has 2 heterocycles. The average molecular weight is 265 g/mol. The maximum Gasteiger partial charge on any atom is 0.225 e. The van der Waals surface area contributed by atoms with E-state index in [9.17, 15) is 9.59 Å². The molecule has 1 aliphatic carbocycles. The third-order valence-electron chi connectivity index (χ3n) is 4.91. The van der Waals surface area contributed by atoms with Gasteiger partial charge in [0.1, 0.15) is 0 Å². The van der Waals surface area contributed by atoms with Gasteiger partial charge in [-0.15, -0.1) is 0 Å². The Morgan fingerprint density at radius 3 is 2.68 bits per heavy atom. The molecule has 1 saturated carbocycles. The maximum absolute atomic E-state index is 12.1. The zero-order chi connectivity index (χ0) is 13.6. The molecular formula is C14H23N3O2. The van der Waals surface area contributed by atoms with Gasteiger partial charge < -0.3 is 15.5 Å². The van der Waals surface area contributed by atoms with E-state index in [-0.39, 0.29) is 23.8 Å². The summed E-state index contributed by atoms with van der Waals surface area (Å²) in [5.74, 6) is 1.45. The molecule has 0 radical (unpaired) electrons. The highest BCUT2D eigenvalue weighted by Crippen LogP contribution is 2.37. The van der Waals surface area contributed by atoms with E-state index in [1.54, 1.807) is 0 Å². The summed E-state index contributed by atoms with van der Waals surface area (Å²) in [4.78, 5) is 26.0. The van der Waals surface area contributed by atoms with Crippen LogP contribution in [0.3, 0.4) is 0 Å². The highest BCUT2D eigenvalue weighted by atomic mass is 16.2. The van der Waals surface area contributed by atoms with Crippen LogP contribution in [0.4, 0.5) is 0 Å². The molecule has 0 spiro atoms. The van der Waals surface area contributed by atoms with E-state index in [0.29, 0.717) is 30.8 Å². The zero-order valence-electron chi connectivity index (χ0n) is 11.7. The van der Waals surface area contributed by atoms with Crippen molar-refractivity contribution in [1.82, 2.24) is 15.5 Å². The fraction of sp³-hybridized carbons (Fsp3) is 0.857. The first-order chi connectivity index (χ1) is 9.06. The lowest BCUT2D eigenvalue weighted by Gasteiger charge is -2.32. The summed E-state index contributed by atoms with van der Waals surface area (Å²) >= 11 is 0. The van der Waals surface area contributed by atoms with Crippen molar-refractivity contribution in [3.8, 4) is 0 Å². The molecule has 0 aromatic rings. The third kappa shape index (κ3) is 2.48. The summed E-state index contributed by atoms with van der Waals surface area (Å²) in [6, 6.07) is 0.450. The van der Waals surface area contributed by atoms with E-state index in [4.69, 9.17) is 0 Å². The second-order valence-corrected chi connectivity index (χ2v) is 6.44. The summed E-state index contributed by atoms with van der Waals surface area (Å²) in [5, 5.41) is 6.25. The van der Waals surface area contributed by atoms with Gasteiger partial charge in [0.25, 0.3) is 0 Å². The number of rotatable bonds is 4. The lowest BCUT2D eigenvalue weighted by atomic mass is 9.88. The van der Waals surface area contributed by atoms with Gasteiger partial charge in [0.2, 0.25) is 11.8 Å². The molecule has 2 amide bonds. The van der Waals surface area contributed by atoms with Gasteiger partial charge >= 0.3 is 0 Å². The summed E-state index contributed by atoms with van der Waals surface area (Å²) in [6.45, 7) is 6.73. The van der Waals surface area contributed by atoms with Crippen LogP contribution in [0.25, 0.3) is 0 Å². The molecule has 3 fully saturated rings. The monoisotopic (exact) mass is 265 g/mol. The summed E-state index contributed by atoms with van der Waals surface area (Å²) in [7, 11) is 0. The Bertz CT molecular complexity index is 394. The van der Waals surface area contributed by atoms with Crippen molar-refractivity contribution in [2.24, 2.45) is 17.8 Å². The predicted molar refractivity (Wildman–Crippen MR) is 71.4 cm³/mol. The number of hydrogen-bond acceptors (Lipinski definition) is 3. The topological polar surface area (TPSA) is 61.4 Å². The number of amides is 2. The van der Waals surface area contributed by atoms with Crippen LogP contribution < -0.4 is 10.6 Å². The maximum atomic E-state index is 12.1. The van der Waals surface area contributed by atoms with Gasteiger partial charge in [-0.3, -0.25) is 9.59 Å². The molecule has 0 aromatic carbocycles. The van der Waals surface area contributed by atoms with Crippen molar-refractivity contribution in [3.05, 3.63) is 0 Å². The van der Waals surface area contributed by atoms with E-state index in [1.165, 1.54) is 0 Å². The van der Waals surface area contributed by atoms with Crippen LogP contribution in [-0.4, -0.2) is 48.4 Å². The van der Waals surface area contributed by atoms with Crippen LogP contribution in [0.2, 0.25) is 0 Å². The number of carbonyl (C=O) groups is 2. The minimum absolute atomic E-state index is 0.0169. The van der Waals surface area contributed by atoms with Crippen molar-refractivity contribution in [2.45, 2.75) is 38.8 Å².